The number of para-hydroxylation sites is 1. The first-order chi connectivity index (χ1) is 14.1. The quantitative estimate of drug-likeness (QED) is 0.458. The van der Waals surface area contributed by atoms with Gasteiger partial charge in [0.25, 0.3) is 6.47 Å². The summed E-state index contributed by atoms with van der Waals surface area (Å²) >= 11 is 0. The molecule has 0 saturated carbocycles. The first-order valence-corrected chi connectivity index (χ1v) is 9.56. The number of likely N-dealkylation sites (tertiary alicyclic amines) is 1. The van der Waals surface area contributed by atoms with Crippen molar-refractivity contribution in [3.63, 3.8) is 0 Å². The fraction of sp³-hybridized carbons (Fsp3) is 0.429. The van der Waals surface area contributed by atoms with Gasteiger partial charge in [-0.1, -0.05) is 18.2 Å². The number of nitrogens with one attached hydrogen (secondary N) is 2. The summed E-state index contributed by atoms with van der Waals surface area (Å²) in [6, 6.07) is 13.8. The van der Waals surface area contributed by atoms with Gasteiger partial charge in [-0.2, -0.15) is 0 Å². The van der Waals surface area contributed by atoms with E-state index < -0.39 is 5.54 Å². The molecule has 1 aromatic heterocycles. The molecule has 0 aliphatic carbocycles. The summed E-state index contributed by atoms with van der Waals surface area (Å²) in [5.74, 6) is 0.933. The van der Waals surface area contributed by atoms with Crippen LogP contribution in [0.4, 0.5) is 5.69 Å². The first kappa shape index (κ1) is 22.4. The highest BCUT2D eigenvalue weighted by Crippen LogP contribution is 2.27. The number of nitrogens with zero attached hydrogens (tertiary/aromatic N) is 1. The molecule has 1 aromatic carbocycles. The fourth-order valence-electron chi connectivity index (χ4n) is 3.48. The molecular weight excluding hydrogens is 374 g/mol. The third-order valence-corrected chi connectivity index (χ3v) is 4.71. The number of furan rings is 1. The average Bonchev–Trinajstić information content (AvgIpc) is 3.23. The average molecular weight is 403 g/mol. The van der Waals surface area contributed by atoms with E-state index in [0.717, 1.165) is 30.8 Å². The van der Waals surface area contributed by atoms with Crippen molar-refractivity contribution in [2.24, 2.45) is 0 Å². The number of amides is 1. The van der Waals surface area contributed by atoms with Crippen molar-refractivity contribution < 1.29 is 23.8 Å². The monoisotopic (exact) mass is 403 g/mol. The maximum atomic E-state index is 13.1. The number of carbonyl (C=O) groups excluding carboxylic acids is 1. The van der Waals surface area contributed by atoms with Crippen LogP contribution in [0.5, 0.6) is 0 Å². The molecule has 29 heavy (non-hydrogen) atoms. The Bertz CT molecular complexity index is 723. The number of piperidine rings is 1. The van der Waals surface area contributed by atoms with Gasteiger partial charge in [0.1, 0.15) is 11.3 Å². The van der Waals surface area contributed by atoms with E-state index in [1.807, 2.05) is 42.5 Å². The molecule has 8 heteroatoms. The van der Waals surface area contributed by atoms with Gasteiger partial charge in [0.05, 0.1) is 19.4 Å². The molecule has 3 rings (SSSR count). The molecule has 3 N–H and O–H groups in total. The zero-order chi connectivity index (χ0) is 21.0. The second-order valence-corrected chi connectivity index (χ2v) is 6.82. The predicted octanol–water partition coefficient (Wildman–Crippen LogP) is 2.19. The third kappa shape index (κ3) is 6.92. The Morgan fingerprint density at radius 3 is 2.72 bits per heavy atom. The van der Waals surface area contributed by atoms with Crippen molar-refractivity contribution in [3.05, 3.63) is 54.5 Å². The van der Waals surface area contributed by atoms with E-state index in [1.165, 1.54) is 0 Å². The number of benzene rings is 1. The Balaban J connectivity index is 0.000000941. The zero-order valence-corrected chi connectivity index (χ0v) is 16.7. The van der Waals surface area contributed by atoms with E-state index in [9.17, 15) is 4.79 Å². The van der Waals surface area contributed by atoms with Crippen LogP contribution >= 0.6 is 0 Å². The Hall–Kier alpha value is -2.84. The van der Waals surface area contributed by atoms with Crippen molar-refractivity contribution in [1.29, 1.82) is 0 Å². The number of ether oxygens (including phenoxy) is 1. The second kappa shape index (κ2) is 11.9. The van der Waals surface area contributed by atoms with Crippen LogP contribution in [0.15, 0.2) is 53.1 Å². The smallest absolute Gasteiger partial charge is 0.290 e. The minimum Gasteiger partial charge on any atom is -0.483 e. The van der Waals surface area contributed by atoms with E-state index in [-0.39, 0.29) is 12.4 Å². The maximum Gasteiger partial charge on any atom is 0.290 e. The molecule has 1 unspecified atom stereocenters. The van der Waals surface area contributed by atoms with Crippen LogP contribution in [0.25, 0.3) is 0 Å². The molecule has 1 aliphatic heterocycles. The van der Waals surface area contributed by atoms with Gasteiger partial charge < -0.3 is 24.9 Å². The van der Waals surface area contributed by atoms with E-state index in [1.54, 1.807) is 13.4 Å². The van der Waals surface area contributed by atoms with Gasteiger partial charge in [-0.15, -0.1) is 0 Å². The molecule has 2 heterocycles. The van der Waals surface area contributed by atoms with Crippen LogP contribution in [-0.2, 0) is 20.9 Å². The van der Waals surface area contributed by atoms with Crippen LogP contribution in [0.2, 0.25) is 0 Å². The Kier molecular flexibility index (Phi) is 9.20. The topological polar surface area (TPSA) is 104 Å². The second-order valence-electron chi connectivity index (χ2n) is 6.82. The van der Waals surface area contributed by atoms with E-state index in [0.29, 0.717) is 26.2 Å². The molecule has 1 aliphatic rings. The fourth-order valence-corrected chi connectivity index (χ4v) is 3.48. The summed E-state index contributed by atoms with van der Waals surface area (Å²) in [5.41, 5.74) is 0.286. The molecule has 158 valence electrons. The lowest BCUT2D eigenvalue weighted by Crippen LogP contribution is -2.61. The summed E-state index contributed by atoms with van der Waals surface area (Å²) in [5, 5.41) is 13.4. The molecule has 0 spiro atoms. The molecule has 1 saturated heterocycles. The maximum absolute atomic E-state index is 13.1. The van der Waals surface area contributed by atoms with Gasteiger partial charge in [-0.05, 0) is 43.7 Å². The van der Waals surface area contributed by atoms with Crippen molar-refractivity contribution in [3.8, 4) is 0 Å². The van der Waals surface area contributed by atoms with E-state index in [2.05, 4.69) is 15.5 Å². The van der Waals surface area contributed by atoms with Gasteiger partial charge in [0, 0.05) is 25.9 Å². The Morgan fingerprint density at radius 2 is 2.07 bits per heavy atom. The minimum atomic E-state index is -0.667. The van der Waals surface area contributed by atoms with Crippen LogP contribution in [-0.4, -0.2) is 61.3 Å². The first-order valence-electron chi connectivity index (χ1n) is 9.56. The Labute approximate surface area is 170 Å². The van der Waals surface area contributed by atoms with Crippen molar-refractivity contribution in [2.45, 2.75) is 24.9 Å². The summed E-state index contributed by atoms with van der Waals surface area (Å²) in [6.45, 7) is 3.04. The molecule has 8 nitrogen and oxygen atoms in total. The van der Waals surface area contributed by atoms with Crippen molar-refractivity contribution >= 4 is 18.1 Å². The number of hydrogen-bond donors (Lipinski definition) is 3. The lowest BCUT2D eigenvalue weighted by atomic mass is 9.87. The van der Waals surface area contributed by atoms with Crippen molar-refractivity contribution in [1.82, 2.24) is 10.2 Å². The highest BCUT2D eigenvalue weighted by Gasteiger charge is 2.42. The van der Waals surface area contributed by atoms with Gasteiger partial charge >= 0.3 is 0 Å². The lowest BCUT2D eigenvalue weighted by Gasteiger charge is -2.42. The molecule has 1 amide bonds. The third-order valence-electron chi connectivity index (χ3n) is 4.71. The SMILES string of the molecule is COCCNC(=O)C1(Nc2ccccc2)CCCN(Cc2ccco2)C1.O=CO. The minimum absolute atomic E-state index is 0.0162. The molecule has 0 radical (unpaired) electrons. The summed E-state index contributed by atoms with van der Waals surface area (Å²) in [7, 11) is 1.63. The highest BCUT2D eigenvalue weighted by molar-refractivity contribution is 5.90. The largest absolute Gasteiger partial charge is 0.483 e. The van der Waals surface area contributed by atoms with Gasteiger partial charge in [0.15, 0.2) is 0 Å². The van der Waals surface area contributed by atoms with E-state index in [4.69, 9.17) is 19.1 Å². The molecule has 1 atom stereocenters. The number of anilines is 1. The number of rotatable bonds is 8. The predicted molar refractivity (Wildman–Crippen MR) is 110 cm³/mol. The number of carbonyl (C=O) groups is 2. The highest BCUT2D eigenvalue weighted by atomic mass is 16.5. The summed E-state index contributed by atoms with van der Waals surface area (Å²) < 4.78 is 10.5. The summed E-state index contributed by atoms with van der Waals surface area (Å²) in [6.07, 6.45) is 3.42. The van der Waals surface area contributed by atoms with Gasteiger partial charge in [-0.3, -0.25) is 14.5 Å². The van der Waals surface area contributed by atoms with Crippen LogP contribution < -0.4 is 10.6 Å². The molecule has 0 bridgehead atoms. The lowest BCUT2D eigenvalue weighted by molar-refractivity contribution is -0.127. The van der Waals surface area contributed by atoms with Crippen LogP contribution in [0.1, 0.15) is 18.6 Å². The summed E-state index contributed by atoms with van der Waals surface area (Å²) in [4.78, 5) is 23.7. The number of carboxylic acid groups (broad SMARTS) is 1. The number of hydrogen-bond acceptors (Lipinski definition) is 6. The van der Waals surface area contributed by atoms with Crippen LogP contribution in [0.3, 0.4) is 0 Å². The standard InChI is InChI=1S/C20H27N3O3.CH2O2/c1-25-14-11-21-19(24)20(22-17-7-3-2-4-8-17)10-6-12-23(16-20)15-18-9-5-13-26-18;2-1-3/h2-5,7-9,13,22H,6,10-12,14-16H2,1H3,(H,21,24);1H,(H,2,3). The molecule has 2 aromatic rings. The Morgan fingerprint density at radius 1 is 1.31 bits per heavy atom. The van der Waals surface area contributed by atoms with E-state index >= 15 is 0 Å². The van der Waals surface area contributed by atoms with Gasteiger partial charge in [0.2, 0.25) is 5.91 Å². The van der Waals surface area contributed by atoms with Crippen LogP contribution in [0, 0.1) is 0 Å². The molecular formula is C21H29N3O5. The zero-order valence-electron chi connectivity index (χ0n) is 16.7. The van der Waals surface area contributed by atoms with Crippen molar-refractivity contribution in [2.75, 3.05) is 38.7 Å². The molecule has 1 fully saturated rings. The number of methoxy groups -OCH3 is 1. The van der Waals surface area contributed by atoms with Gasteiger partial charge in [-0.25, -0.2) is 0 Å². The normalized spacial score (nSPS) is 18.9.